The predicted octanol–water partition coefficient (Wildman–Crippen LogP) is 1.59. The maximum absolute atomic E-state index is 12.9. The Hall–Kier alpha value is -3.47. The number of nitrogens with zero attached hydrogens (tertiary/aromatic N) is 3. The molecule has 0 aliphatic carbocycles. The summed E-state index contributed by atoms with van der Waals surface area (Å²) < 4.78 is 35.3. The van der Waals surface area contributed by atoms with E-state index in [0.29, 0.717) is 42.3 Å². The number of carbonyl (C=O) groups is 2. The minimum absolute atomic E-state index is 0.0797. The number of ether oxygens (including phenoxy) is 1. The average Bonchev–Trinajstić information content (AvgIpc) is 2.76. The number of Topliss-reactive ketones (excluding diaryl/α,β-unsaturated/α-hetero) is 1. The highest BCUT2D eigenvalue weighted by molar-refractivity contribution is 7.91. The first-order valence-electron chi connectivity index (χ1n) is 10.1. The van der Waals surface area contributed by atoms with Crippen LogP contribution < -0.4 is 15.2 Å². The van der Waals surface area contributed by atoms with Crippen molar-refractivity contribution in [1.29, 1.82) is 0 Å². The van der Waals surface area contributed by atoms with Crippen molar-refractivity contribution in [2.24, 2.45) is 16.0 Å². The lowest BCUT2D eigenvalue weighted by Crippen LogP contribution is -2.41. The molecule has 3 heterocycles. The molecule has 0 radical (unpaired) electrons. The quantitative estimate of drug-likeness (QED) is 0.649. The zero-order chi connectivity index (χ0) is 22.9. The van der Waals surface area contributed by atoms with Gasteiger partial charge in [-0.25, -0.2) is 0 Å². The second-order valence-corrected chi connectivity index (χ2v) is 9.13. The highest BCUT2D eigenvalue weighted by atomic mass is 32.2. The number of amides is 1. The van der Waals surface area contributed by atoms with Crippen LogP contribution in [0.5, 0.6) is 5.75 Å². The minimum atomic E-state index is -3.86. The number of ketones is 1. The van der Waals surface area contributed by atoms with Gasteiger partial charge < -0.3 is 15.4 Å². The van der Waals surface area contributed by atoms with Gasteiger partial charge in [0, 0.05) is 37.7 Å². The molecule has 1 aromatic carbocycles. The Morgan fingerprint density at radius 3 is 2.91 bits per heavy atom. The van der Waals surface area contributed by atoms with E-state index in [1.165, 1.54) is 19.2 Å². The van der Waals surface area contributed by atoms with Crippen molar-refractivity contribution in [3.63, 3.8) is 0 Å². The molecule has 1 fully saturated rings. The number of anilines is 1. The second-order valence-electron chi connectivity index (χ2n) is 7.79. The van der Waals surface area contributed by atoms with Gasteiger partial charge in [-0.1, -0.05) is 6.07 Å². The standard InChI is InChI=1S/C21H23N5O5S/c1-13(27)17-10-15(7-8-23-17)21(28)26-9-3-4-14(11-26)12-31-18-6-2-5-16-19(18)20(22)25-32(29,30)24-16/h2,5-8,10,14,24H,3-4,9,11-12H2,1H3,(H2,22,25)/t14-/m0/s1. The first kappa shape index (κ1) is 21.8. The van der Waals surface area contributed by atoms with Crippen molar-refractivity contribution >= 4 is 33.4 Å². The lowest BCUT2D eigenvalue weighted by Gasteiger charge is -2.33. The molecule has 0 saturated carbocycles. The average molecular weight is 458 g/mol. The van der Waals surface area contributed by atoms with Gasteiger partial charge in [-0.3, -0.25) is 19.3 Å². The van der Waals surface area contributed by atoms with E-state index in [4.69, 9.17) is 10.5 Å². The van der Waals surface area contributed by atoms with Crippen LogP contribution in [0.15, 0.2) is 40.9 Å². The molecule has 168 valence electrons. The predicted molar refractivity (Wildman–Crippen MR) is 118 cm³/mol. The Bertz CT molecular complexity index is 1210. The molecule has 0 spiro atoms. The van der Waals surface area contributed by atoms with E-state index in [2.05, 4.69) is 14.1 Å². The van der Waals surface area contributed by atoms with Gasteiger partial charge in [0.05, 0.1) is 17.9 Å². The Kier molecular flexibility index (Phi) is 5.83. The number of aromatic nitrogens is 1. The number of pyridine rings is 1. The summed E-state index contributed by atoms with van der Waals surface area (Å²) in [7, 11) is -3.86. The molecule has 2 aliphatic rings. The van der Waals surface area contributed by atoms with Crippen LogP contribution in [0.2, 0.25) is 0 Å². The molecule has 10 nitrogen and oxygen atoms in total. The number of piperidine rings is 1. The van der Waals surface area contributed by atoms with E-state index in [-0.39, 0.29) is 29.1 Å². The van der Waals surface area contributed by atoms with Crippen LogP contribution in [0.4, 0.5) is 5.69 Å². The van der Waals surface area contributed by atoms with Gasteiger partial charge >= 0.3 is 10.2 Å². The smallest absolute Gasteiger partial charge is 0.344 e. The van der Waals surface area contributed by atoms with Crippen molar-refractivity contribution in [2.45, 2.75) is 19.8 Å². The SMILES string of the molecule is CC(=O)c1cc(C(=O)N2CCC[C@H](COc3cccc4c3C(N)=NS(=O)(=O)N4)C2)ccn1. The number of hydrogen-bond acceptors (Lipinski definition) is 7. The monoisotopic (exact) mass is 457 g/mol. The summed E-state index contributed by atoms with van der Waals surface area (Å²) in [5, 5.41) is 0. The number of benzene rings is 1. The van der Waals surface area contributed by atoms with E-state index in [1.807, 2.05) is 0 Å². The number of fused-ring (bicyclic) bond motifs is 1. The number of carbonyl (C=O) groups excluding carboxylic acids is 2. The van der Waals surface area contributed by atoms with E-state index < -0.39 is 10.2 Å². The fourth-order valence-corrected chi connectivity index (χ4v) is 4.71. The summed E-state index contributed by atoms with van der Waals surface area (Å²) in [5.41, 5.74) is 7.27. The van der Waals surface area contributed by atoms with Crippen molar-refractivity contribution in [1.82, 2.24) is 9.88 Å². The van der Waals surface area contributed by atoms with Gasteiger partial charge in [-0.05, 0) is 37.1 Å². The molecule has 0 unspecified atom stereocenters. The van der Waals surface area contributed by atoms with Gasteiger partial charge in [-0.2, -0.15) is 8.42 Å². The van der Waals surface area contributed by atoms with Gasteiger partial charge in [0.1, 0.15) is 11.4 Å². The Morgan fingerprint density at radius 2 is 2.12 bits per heavy atom. The lowest BCUT2D eigenvalue weighted by atomic mass is 9.98. The van der Waals surface area contributed by atoms with E-state index in [9.17, 15) is 18.0 Å². The van der Waals surface area contributed by atoms with Gasteiger partial charge in [-0.15, -0.1) is 4.40 Å². The van der Waals surface area contributed by atoms with Crippen LogP contribution >= 0.6 is 0 Å². The molecule has 1 saturated heterocycles. The fourth-order valence-electron chi connectivity index (χ4n) is 3.87. The number of hydrogen-bond donors (Lipinski definition) is 2. The summed E-state index contributed by atoms with van der Waals surface area (Å²) in [5.74, 6) is 0.0306. The zero-order valence-electron chi connectivity index (χ0n) is 17.4. The van der Waals surface area contributed by atoms with Crippen molar-refractivity contribution in [2.75, 3.05) is 24.4 Å². The molecule has 1 atom stereocenters. The van der Waals surface area contributed by atoms with Crippen molar-refractivity contribution < 1.29 is 22.7 Å². The second kappa shape index (κ2) is 8.58. The summed E-state index contributed by atoms with van der Waals surface area (Å²) >= 11 is 0. The molecule has 0 bridgehead atoms. The third-order valence-corrected chi connectivity index (χ3v) is 6.30. The largest absolute Gasteiger partial charge is 0.492 e. The molecule has 2 aliphatic heterocycles. The maximum atomic E-state index is 12.9. The minimum Gasteiger partial charge on any atom is -0.492 e. The third-order valence-electron chi connectivity index (χ3n) is 5.39. The molecule has 1 amide bonds. The van der Waals surface area contributed by atoms with Crippen LogP contribution in [-0.2, 0) is 10.2 Å². The molecule has 32 heavy (non-hydrogen) atoms. The van der Waals surface area contributed by atoms with Crippen molar-refractivity contribution in [3.8, 4) is 5.75 Å². The molecule has 4 rings (SSSR count). The van der Waals surface area contributed by atoms with E-state index in [1.54, 1.807) is 29.2 Å². The zero-order valence-corrected chi connectivity index (χ0v) is 18.3. The maximum Gasteiger partial charge on any atom is 0.344 e. The fraction of sp³-hybridized carbons (Fsp3) is 0.333. The van der Waals surface area contributed by atoms with Crippen LogP contribution in [0.25, 0.3) is 0 Å². The summed E-state index contributed by atoms with van der Waals surface area (Å²) in [6.07, 6.45) is 3.16. The summed E-state index contributed by atoms with van der Waals surface area (Å²) in [6, 6.07) is 8.08. The number of amidine groups is 1. The molecular formula is C21H23N5O5S. The summed E-state index contributed by atoms with van der Waals surface area (Å²) in [6.45, 7) is 2.86. The summed E-state index contributed by atoms with van der Waals surface area (Å²) in [4.78, 5) is 30.3. The molecule has 1 aromatic heterocycles. The van der Waals surface area contributed by atoms with Crippen molar-refractivity contribution in [3.05, 3.63) is 53.3 Å². The number of nitrogens with two attached hydrogens (primary N) is 1. The lowest BCUT2D eigenvalue weighted by molar-refractivity contribution is 0.0633. The van der Waals surface area contributed by atoms with Crippen LogP contribution in [0.3, 0.4) is 0 Å². The molecular weight excluding hydrogens is 434 g/mol. The van der Waals surface area contributed by atoms with Gasteiger partial charge in [0.15, 0.2) is 11.6 Å². The molecule has 11 heteroatoms. The topological polar surface area (TPSA) is 144 Å². The van der Waals surface area contributed by atoms with Crippen LogP contribution in [0, 0.1) is 5.92 Å². The molecule has 3 N–H and O–H groups in total. The number of nitrogens with one attached hydrogen (secondary N) is 1. The number of rotatable bonds is 5. The van der Waals surface area contributed by atoms with E-state index >= 15 is 0 Å². The van der Waals surface area contributed by atoms with Crippen LogP contribution in [0.1, 0.15) is 46.2 Å². The Labute approximate surface area is 185 Å². The molecule has 2 aromatic rings. The first-order chi connectivity index (χ1) is 15.2. The van der Waals surface area contributed by atoms with E-state index in [0.717, 1.165) is 12.8 Å². The van der Waals surface area contributed by atoms with Crippen LogP contribution in [-0.4, -0.2) is 55.5 Å². The highest BCUT2D eigenvalue weighted by Gasteiger charge is 2.27. The Balaban J connectivity index is 1.44. The van der Waals surface area contributed by atoms with Gasteiger partial charge in [0.25, 0.3) is 5.91 Å². The highest BCUT2D eigenvalue weighted by Crippen LogP contribution is 2.31. The Morgan fingerprint density at radius 1 is 1.31 bits per heavy atom. The third kappa shape index (κ3) is 4.57. The first-order valence-corrected chi connectivity index (χ1v) is 11.6. The normalized spacial score (nSPS) is 19.3. The number of likely N-dealkylation sites (tertiary alicyclic amines) is 1. The van der Waals surface area contributed by atoms with Gasteiger partial charge in [0.2, 0.25) is 0 Å².